The van der Waals surface area contributed by atoms with Gasteiger partial charge in [-0.1, -0.05) is 90.5 Å². The summed E-state index contributed by atoms with van der Waals surface area (Å²) in [5, 5.41) is 18.8. The average molecular weight is 929 g/mol. The van der Waals surface area contributed by atoms with E-state index in [1.807, 2.05) is 34.1 Å². The van der Waals surface area contributed by atoms with Gasteiger partial charge in [-0.25, -0.2) is 9.59 Å². The van der Waals surface area contributed by atoms with Crippen molar-refractivity contribution in [3.8, 4) is 40.4 Å². The van der Waals surface area contributed by atoms with Gasteiger partial charge in [-0.3, -0.25) is 9.59 Å². The van der Waals surface area contributed by atoms with Crippen LogP contribution in [0.25, 0.3) is 51.8 Å². The van der Waals surface area contributed by atoms with Crippen LogP contribution in [0.1, 0.15) is 110 Å². The van der Waals surface area contributed by atoms with Crippen LogP contribution in [0.5, 0.6) is 0 Å². The third-order valence-corrected chi connectivity index (χ3v) is 17.2. The Morgan fingerprint density at radius 2 is 0.781 bits per heavy atom. The quantitative estimate of drug-likeness (QED) is 0.0788. The van der Waals surface area contributed by atoms with Crippen molar-refractivity contribution in [1.82, 2.24) is 9.80 Å². The van der Waals surface area contributed by atoms with E-state index in [0.29, 0.717) is 35.6 Å². The number of fused-ring (bicyclic) bond motifs is 1. The third kappa shape index (κ3) is 9.11. The van der Waals surface area contributed by atoms with Gasteiger partial charge in [0.25, 0.3) is 11.8 Å². The molecule has 64 heavy (non-hydrogen) atoms. The maximum atomic E-state index is 15.3. The largest absolute Gasteiger partial charge is 0.478 e. The molecular formula is C52H52N2O6S4. The number of aromatic carboxylic acids is 2. The van der Waals surface area contributed by atoms with Gasteiger partial charge in [0.05, 0.1) is 43.4 Å². The summed E-state index contributed by atoms with van der Waals surface area (Å²) in [6.45, 7) is 9.84. The standard InChI is InChI=1S/C52H52N2O6S4/c1-5-9-11-31(7-3)29-53-47(43-27-25-41(63-43)39-23-21-37(61-39)33-13-17-35(18-14-33)51(57)58)45-46(49(53)55)48(54(50(45)56)30-32(8-4)12-10-6-2)44-28-26-42(64-44)40-24-22-38(62-40)34-15-19-36(20-16-34)52(59)60/h13-28,31-32H,5-12,29-30H2,1-4H3,(H,57,58)(H,59,60). The van der Waals surface area contributed by atoms with Crippen LogP contribution in [0.2, 0.25) is 0 Å². The number of amides is 2. The van der Waals surface area contributed by atoms with Crippen molar-refractivity contribution >= 4 is 80.5 Å². The Morgan fingerprint density at radius 1 is 0.469 bits per heavy atom. The first-order chi connectivity index (χ1) is 31.0. The number of hydrogen-bond donors (Lipinski definition) is 2. The number of nitrogens with zero attached hydrogens (tertiary/aromatic N) is 2. The highest BCUT2D eigenvalue weighted by Gasteiger charge is 2.50. The SMILES string of the molecule is CCCCC(CC)CN1C(=O)C2=C(c3ccc(-c4ccc(-c5ccc(C(=O)O)cc5)s4)s3)N(CC(CC)CCCC)C(=O)C2=C1c1ccc(-c2ccc(-c3ccc(C(=O)O)cc3)s2)s1. The number of carbonyl (C=O) groups excluding carboxylic acids is 2. The molecule has 2 amide bonds. The molecule has 0 saturated heterocycles. The molecule has 0 fully saturated rings. The Morgan fingerprint density at radius 3 is 1.09 bits per heavy atom. The zero-order chi connectivity index (χ0) is 45.1. The summed E-state index contributed by atoms with van der Waals surface area (Å²) < 4.78 is 0. The second-order valence-electron chi connectivity index (χ2n) is 16.5. The van der Waals surface area contributed by atoms with E-state index in [0.717, 1.165) is 102 Å². The van der Waals surface area contributed by atoms with Crippen molar-refractivity contribution in [1.29, 1.82) is 0 Å². The zero-order valence-electron chi connectivity index (χ0n) is 36.5. The molecule has 8 nitrogen and oxygen atoms in total. The lowest BCUT2D eigenvalue weighted by Gasteiger charge is -2.29. The molecular weight excluding hydrogens is 877 g/mol. The fourth-order valence-corrected chi connectivity index (χ4v) is 12.9. The molecule has 6 aromatic rings. The van der Waals surface area contributed by atoms with Gasteiger partial charge in [0, 0.05) is 42.4 Å². The van der Waals surface area contributed by atoms with Crippen LogP contribution >= 0.6 is 45.3 Å². The van der Waals surface area contributed by atoms with Gasteiger partial charge in [-0.2, -0.15) is 0 Å². The second kappa shape index (κ2) is 19.8. The summed E-state index contributed by atoms with van der Waals surface area (Å²) in [6, 6.07) is 30.4. The summed E-state index contributed by atoms with van der Waals surface area (Å²) >= 11 is 6.47. The van der Waals surface area contributed by atoms with Crippen LogP contribution in [-0.2, 0) is 9.59 Å². The molecule has 6 heterocycles. The first-order valence-electron chi connectivity index (χ1n) is 22.2. The fourth-order valence-electron chi connectivity index (χ4n) is 8.61. The summed E-state index contributed by atoms with van der Waals surface area (Å²) in [5.74, 6) is -1.57. The molecule has 0 radical (unpaired) electrons. The lowest BCUT2D eigenvalue weighted by atomic mass is 9.98. The van der Waals surface area contributed by atoms with Crippen molar-refractivity contribution in [2.24, 2.45) is 11.8 Å². The maximum absolute atomic E-state index is 15.3. The number of benzene rings is 2. The van der Waals surface area contributed by atoms with E-state index < -0.39 is 11.9 Å². The third-order valence-electron chi connectivity index (χ3n) is 12.4. The minimum atomic E-state index is -0.956. The Kier molecular flexibility index (Phi) is 14.0. The summed E-state index contributed by atoms with van der Waals surface area (Å²) in [7, 11) is 0. The summed E-state index contributed by atoms with van der Waals surface area (Å²) in [5.41, 5.74) is 4.83. The molecule has 2 atom stereocenters. The molecule has 2 aromatic carbocycles. The topological polar surface area (TPSA) is 115 Å². The van der Waals surface area contributed by atoms with Crippen LogP contribution in [0.15, 0.2) is 108 Å². The molecule has 0 spiro atoms. The predicted octanol–water partition coefficient (Wildman–Crippen LogP) is 14.2. The lowest BCUT2D eigenvalue weighted by molar-refractivity contribution is -0.124. The van der Waals surface area contributed by atoms with Gasteiger partial charge in [0.1, 0.15) is 0 Å². The molecule has 4 aromatic heterocycles. The molecule has 330 valence electrons. The Labute approximate surface area is 390 Å². The number of carboxylic acids is 2. The van der Waals surface area contributed by atoms with E-state index >= 15 is 9.59 Å². The molecule has 8 rings (SSSR count). The van der Waals surface area contributed by atoms with Gasteiger partial charge in [-0.05, 0) is 109 Å². The highest BCUT2D eigenvalue weighted by Crippen LogP contribution is 2.51. The van der Waals surface area contributed by atoms with E-state index in [4.69, 9.17) is 0 Å². The molecule has 2 N–H and O–H groups in total. The zero-order valence-corrected chi connectivity index (χ0v) is 39.8. The normalized spacial score (nSPS) is 14.9. The van der Waals surface area contributed by atoms with Crippen LogP contribution < -0.4 is 0 Å². The van der Waals surface area contributed by atoms with Crippen molar-refractivity contribution in [2.75, 3.05) is 13.1 Å². The highest BCUT2D eigenvalue weighted by atomic mass is 32.1. The van der Waals surface area contributed by atoms with Crippen molar-refractivity contribution < 1.29 is 29.4 Å². The van der Waals surface area contributed by atoms with Gasteiger partial charge in [0.15, 0.2) is 0 Å². The molecule has 0 aliphatic carbocycles. The lowest BCUT2D eigenvalue weighted by Crippen LogP contribution is -2.34. The first kappa shape index (κ1) is 45.2. The number of thiophene rings is 4. The monoisotopic (exact) mass is 928 g/mol. The molecule has 12 heteroatoms. The number of carbonyl (C=O) groups is 4. The smallest absolute Gasteiger partial charge is 0.335 e. The maximum Gasteiger partial charge on any atom is 0.335 e. The van der Waals surface area contributed by atoms with Crippen LogP contribution in [-0.4, -0.2) is 56.9 Å². The molecule has 2 unspecified atom stereocenters. The van der Waals surface area contributed by atoms with Gasteiger partial charge < -0.3 is 20.0 Å². The van der Waals surface area contributed by atoms with Crippen molar-refractivity contribution in [3.05, 3.63) is 129 Å². The van der Waals surface area contributed by atoms with E-state index in [1.165, 1.54) is 0 Å². The predicted molar refractivity (Wildman–Crippen MR) is 264 cm³/mol. The van der Waals surface area contributed by atoms with Gasteiger partial charge in [0.2, 0.25) is 0 Å². The van der Waals surface area contributed by atoms with E-state index in [9.17, 15) is 19.8 Å². The van der Waals surface area contributed by atoms with Gasteiger partial charge in [-0.15, -0.1) is 45.3 Å². The Balaban J connectivity index is 1.21. The van der Waals surface area contributed by atoms with E-state index in [-0.39, 0.29) is 34.8 Å². The van der Waals surface area contributed by atoms with Crippen molar-refractivity contribution in [2.45, 2.75) is 79.1 Å². The minimum absolute atomic E-state index is 0.108. The van der Waals surface area contributed by atoms with Crippen LogP contribution in [0, 0.1) is 11.8 Å². The van der Waals surface area contributed by atoms with Crippen molar-refractivity contribution in [3.63, 3.8) is 0 Å². The van der Waals surface area contributed by atoms with Crippen LogP contribution in [0.3, 0.4) is 0 Å². The molecule has 0 saturated carbocycles. The Bertz CT molecular complexity index is 2560. The summed E-state index contributed by atoms with van der Waals surface area (Å²) in [6.07, 6.45) is 8.14. The summed E-state index contributed by atoms with van der Waals surface area (Å²) in [4.78, 5) is 65.4. The first-order valence-corrected chi connectivity index (χ1v) is 25.5. The Hall–Kier alpha value is -5.40. The molecule has 2 aliphatic rings. The second-order valence-corrected chi connectivity index (χ2v) is 20.9. The average Bonchev–Trinajstić information content (AvgIpc) is 4.18. The highest BCUT2D eigenvalue weighted by molar-refractivity contribution is 7.25. The number of rotatable bonds is 20. The molecule has 2 aliphatic heterocycles. The molecule has 0 bridgehead atoms. The van der Waals surface area contributed by atoms with Gasteiger partial charge >= 0.3 is 11.9 Å². The van der Waals surface area contributed by atoms with Crippen LogP contribution in [0.4, 0.5) is 0 Å². The number of unbranched alkanes of at least 4 members (excludes halogenated alkanes) is 2. The fraction of sp³-hybridized carbons (Fsp3) is 0.308. The van der Waals surface area contributed by atoms with E-state index in [2.05, 4.69) is 76.2 Å². The minimum Gasteiger partial charge on any atom is -0.478 e. The number of hydrogen-bond acceptors (Lipinski definition) is 8. The van der Waals surface area contributed by atoms with E-state index in [1.54, 1.807) is 69.6 Å². The number of carboxylic acid groups (broad SMARTS) is 2.